The van der Waals surface area contributed by atoms with E-state index in [0.717, 1.165) is 29.7 Å². The van der Waals surface area contributed by atoms with Gasteiger partial charge in [0, 0.05) is 0 Å². The highest BCUT2D eigenvalue weighted by Gasteiger charge is 2.23. The maximum Gasteiger partial charge on any atom is 0.119 e. The molecule has 1 unspecified atom stereocenters. The second kappa shape index (κ2) is 6.24. The molecule has 1 aliphatic carbocycles. The van der Waals surface area contributed by atoms with Crippen molar-refractivity contribution in [2.45, 2.75) is 25.0 Å². The Balaban J connectivity index is 1.82. The summed E-state index contributed by atoms with van der Waals surface area (Å²) in [6.07, 6.45) is 2.70. The van der Waals surface area contributed by atoms with E-state index in [0.29, 0.717) is 16.1 Å². The lowest BCUT2D eigenvalue weighted by Crippen LogP contribution is -2.28. The van der Waals surface area contributed by atoms with Gasteiger partial charge in [-0.3, -0.25) is 5.84 Å². The van der Waals surface area contributed by atoms with Crippen LogP contribution in [0.4, 0.5) is 0 Å². The summed E-state index contributed by atoms with van der Waals surface area (Å²) in [5.74, 6) is 6.59. The van der Waals surface area contributed by atoms with E-state index in [1.54, 1.807) is 6.07 Å². The fraction of sp³-hybridized carbons (Fsp3) is 0.250. The van der Waals surface area contributed by atoms with Crippen LogP contribution in [-0.4, -0.2) is 6.10 Å². The average molecular weight is 323 g/mol. The molecule has 0 aliphatic heterocycles. The topological polar surface area (TPSA) is 47.3 Å². The van der Waals surface area contributed by atoms with Crippen LogP contribution in [0.5, 0.6) is 5.75 Å². The van der Waals surface area contributed by atoms with Crippen LogP contribution in [0.1, 0.15) is 30.0 Å². The molecule has 0 saturated heterocycles. The van der Waals surface area contributed by atoms with Crippen LogP contribution >= 0.6 is 23.2 Å². The molecule has 3 nitrogen and oxygen atoms in total. The SMILES string of the molecule is NNC(c1ccc(OC2CC2)cc1)c1ccc(Cl)c(Cl)c1. The first-order valence-corrected chi connectivity index (χ1v) is 7.60. The van der Waals surface area contributed by atoms with Crippen molar-refractivity contribution in [3.8, 4) is 5.75 Å². The molecule has 0 spiro atoms. The highest BCUT2D eigenvalue weighted by Crippen LogP contribution is 2.31. The van der Waals surface area contributed by atoms with E-state index in [4.69, 9.17) is 33.8 Å². The number of hydrazine groups is 1. The zero-order chi connectivity index (χ0) is 14.8. The van der Waals surface area contributed by atoms with Crippen LogP contribution in [0.3, 0.4) is 0 Å². The molecule has 3 rings (SSSR count). The maximum absolute atomic E-state index is 6.07. The number of hydrogen-bond donors (Lipinski definition) is 2. The summed E-state index contributed by atoms with van der Waals surface area (Å²) >= 11 is 12.0. The summed E-state index contributed by atoms with van der Waals surface area (Å²) in [6.45, 7) is 0. The van der Waals surface area contributed by atoms with Gasteiger partial charge in [-0.25, -0.2) is 5.43 Å². The lowest BCUT2D eigenvalue weighted by Gasteiger charge is -2.18. The molecule has 1 saturated carbocycles. The van der Waals surface area contributed by atoms with Crippen molar-refractivity contribution in [1.29, 1.82) is 0 Å². The van der Waals surface area contributed by atoms with Gasteiger partial charge in [-0.1, -0.05) is 41.4 Å². The van der Waals surface area contributed by atoms with E-state index < -0.39 is 0 Å². The Labute approximate surface area is 134 Å². The van der Waals surface area contributed by atoms with Gasteiger partial charge < -0.3 is 4.74 Å². The second-order valence-corrected chi connectivity index (χ2v) is 5.97. The largest absolute Gasteiger partial charge is 0.490 e. The lowest BCUT2D eigenvalue weighted by atomic mass is 9.99. The number of ether oxygens (including phenoxy) is 1. The third-order valence-corrected chi connectivity index (χ3v) is 4.22. The molecular weight excluding hydrogens is 307 g/mol. The highest BCUT2D eigenvalue weighted by atomic mass is 35.5. The minimum Gasteiger partial charge on any atom is -0.490 e. The van der Waals surface area contributed by atoms with Gasteiger partial charge in [-0.05, 0) is 48.2 Å². The first-order valence-electron chi connectivity index (χ1n) is 6.85. The van der Waals surface area contributed by atoms with Crippen molar-refractivity contribution in [3.63, 3.8) is 0 Å². The van der Waals surface area contributed by atoms with Crippen LogP contribution < -0.4 is 16.0 Å². The van der Waals surface area contributed by atoms with E-state index in [1.165, 1.54) is 0 Å². The van der Waals surface area contributed by atoms with E-state index in [2.05, 4.69) is 5.43 Å². The molecule has 1 atom stereocenters. The third kappa shape index (κ3) is 3.50. The van der Waals surface area contributed by atoms with E-state index in [1.807, 2.05) is 36.4 Å². The first kappa shape index (κ1) is 14.7. The number of halogens is 2. The van der Waals surface area contributed by atoms with Gasteiger partial charge in [0.2, 0.25) is 0 Å². The van der Waals surface area contributed by atoms with Crippen molar-refractivity contribution < 1.29 is 4.74 Å². The van der Waals surface area contributed by atoms with Gasteiger partial charge in [0.05, 0.1) is 22.2 Å². The van der Waals surface area contributed by atoms with Gasteiger partial charge in [-0.15, -0.1) is 0 Å². The zero-order valence-electron chi connectivity index (χ0n) is 11.4. The van der Waals surface area contributed by atoms with E-state index >= 15 is 0 Å². The molecule has 21 heavy (non-hydrogen) atoms. The van der Waals surface area contributed by atoms with Crippen LogP contribution in [0.15, 0.2) is 42.5 Å². The molecule has 0 aromatic heterocycles. The number of hydrogen-bond acceptors (Lipinski definition) is 3. The molecule has 0 bridgehead atoms. The predicted molar refractivity (Wildman–Crippen MR) is 85.7 cm³/mol. The fourth-order valence-electron chi connectivity index (χ4n) is 2.19. The Morgan fingerprint density at radius 3 is 2.24 bits per heavy atom. The standard InChI is InChI=1S/C16H16Cl2N2O/c17-14-8-3-11(9-15(14)18)16(20-19)10-1-4-12(5-2-10)21-13-6-7-13/h1-5,8-9,13,16,20H,6-7,19H2. The van der Waals surface area contributed by atoms with Crippen molar-refractivity contribution >= 4 is 23.2 Å². The highest BCUT2D eigenvalue weighted by molar-refractivity contribution is 6.42. The molecule has 1 aliphatic rings. The summed E-state index contributed by atoms with van der Waals surface area (Å²) in [7, 11) is 0. The molecule has 1 fully saturated rings. The van der Waals surface area contributed by atoms with Gasteiger partial charge in [-0.2, -0.15) is 0 Å². The Morgan fingerprint density at radius 1 is 1.00 bits per heavy atom. The van der Waals surface area contributed by atoms with Gasteiger partial charge >= 0.3 is 0 Å². The number of rotatable bonds is 5. The van der Waals surface area contributed by atoms with Crippen LogP contribution in [-0.2, 0) is 0 Å². The Morgan fingerprint density at radius 2 is 1.67 bits per heavy atom. The number of nitrogens with two attached hydrogens (primary N) is 1. The third-order valence-electron chi connectivity index (χ3n) is 3.48. The maximum atomic E-state index is 6.07. The Kier molecular flexibility index (Phi) is 4.36. The van der Waals surface area contributed by atoms with Gasteiger partial charge in [0.1, 0.15) is 5.75 Å². The summed E-state index contributed by atoms with van der Waals surface area (Å²) in [5, 5.41) is 1.05. The molecular formula is C16H16Cl2N2O. The number of benzene rings is 2. The fourth-order valence-corrected chi connectivity index (χ4v) is 2.50. The number of nitrogens with one attached hydrogen (secondary N) is 1. The van der Waals surface area contributed by atoms with E-state index in [9.17, 15) is 0 Å². The predicted octanol–water partition coefficient (Wildman–Crippen LogP) is 4.09. The second-order valence-electron chi connectivity index (χ2n) is 5.16. The van der Waals surface area contributed by atoms with Gasteiger partial charge in [0.15, 0.2) is 0 Å². The average Bonchev–Trinajstić information content (AvgIpc) is 3.29. The zero-order valence-corrected chi connectivity index (χ0v) is 12.9. The van der Waals surface area contributed by atoms with E-state index in [-0.39, 0.29) is 6.04 Å². The molecule has 3 N–H and O–H groups in total. The van der Waals surface area contributed by atoms with Crippen molar-refractivity contribution in [3.05, 3.63) is 63.6 Å². The summed E-state index contributed by atoms with van der Waals surface area (Å²) in [6, 6.07) is 13.3. The van der Waals surface area contributed by atoms with Crippen LogP contribution in [0.25, 0.3) is 0 Å². The molecule has 5 heteroatoms. The molecule has 2 aromatic carbocycles. The minimum absolute atomic E-state index is 0.144. The summed E-state index contributed by atoms with van der Waals surface area (Å²) in [5.41, 5.74) is 4.81. The van der Waals surface area contributed by atoms with Crippen LogP contribution in [0.2, 0.25) is 10.0 Å². The van der Waals surface area contributed by atoms with Crippen LogP contribution in [0, 0.1) is 0 Å². The minimum atomic E-state index is -0.144. The van der Waals surface area contributed by atoms with Crippen molar-refractivity contribution in [2.24, 2.45) is 5.84 Å². The summed E-state index contributed by atoms with van der Waals surface area (Å²) < 4.78 is 5.74. The van der Waals surface area contributed by atoms with Crippen molar-refractivity contribution in [2.75, 3.05) is 0 Å². The Bertz CT molecular complexity index is 627. The molecule has 110 valence electrons. The molecule has 2 aromatic rings. The quantitative estimate of drug-likeness (QED) is 0.644. The molecule has 0 amide bonds. The van der Waals surface area contributed by atoms with Gasteiger partial charge in [0.25, 0.3) is 0 Å². The first-order chi connectivity index (χ1) is 10.2. The molecule has 0 radical (unpaired) electrons. The van der Waals surface area contributed by atoms with Crippen molar-refractivity contribution in [1.82, 2.24) is 5.43 Å². The Hall–Kier alpha value is -1.26. The molecule has 0 heterocycles. The monoisotopic (exact) mass is 322 g/mol. The normalized spacial score (nSPS) is 15.8. The lowest BCUT2D eigenvalue weighted by molar-refractivity contribution is 0.303. The summed E-state index contributed by atoms with van der Waals surface area (Å²) in [4.78, 5) is 0. The smallest absolute Gasteiger partial charge is 0.119 e.